The first-order valence-corrected chi connectivity index (χ1v) is 10.5. The second kappa shape index (κ2) is 7.56. The number of sulfonamides is 1. The van der Waals surface area contributed by atoms with Crippen molar-refractivity contribution in [1.29, 1.82) is 0 Å². The van der Waals surface area contributed by atoms with Gasteiger partial charge in [-0.25, -0.2) is 28.1 Å². The molecule has 0 aliphatic rings. The fraction of sp³-hybridized carbons (Fsp3) is 0.100. The Kier molecular flexibility index (Phi) is 4.92. The number of hydrogen-bond donors (Lipinski definition) is 2. The van der Waals surface area contributed by atoms with Crippen LogP contribution in [-0.4, -0.2) is 33.7 Å². The highest BCUT2D eigenvalue weighted by Crippen LogP contribution is 2.18. The average Bonchev–Trinajstić information content (AvgIpc) is 3.04. The maximum atomic E-state index is 12.7. The molecule has 0 fully saturated rings. The minimum absolute atomic E-state index is 0.00420. The molecule has 4 rings (SSSR count). The lowest BCUT2D eigenvalue weighted by Crippen LogP contribution is -2.17. The molecule has 0 aliphatic heterocycles. The van der Waals surface area contributed by atoms with E-state index in [9.17, 15) is 13.2 Å². The van der Waals surface area contributed by atoms with Gasteiger partial charge < -0.3 is 5.32 Å². The Morgan fingerprint density at radius 3 is 2.50 bits per heavy atom. The smallest absolute Gasteiger partial charge is 0.274 e. The van der Waals surface area contributed by atoms with Crippen molar-refractivity contribution in [3.63, 3.8) is 0 Å². The number of hydrogen-bond acceptors (Lipinski definition) is 6. The first-order chi connectivity index (χ1) is 14.3. The first-order valence-electron chi connectivity index (χ1n) is 9.01. The molecule has 3 aromatic heterocycles. The number of pyridine rings is 1. The Bertz CT molecular complexity index is 1350. The fourth-order valence-corrected chi connectivity index (χ4v) is 3.92. The van der Waals surface area contributed by atoms with Gasteiger partial charge in [0.05, 0.1) is 10.6 Å². The fourth-order valence-electron chi connectivity index (χ4n) is 2.97. The zero-order valence-electron chi connectivity index (χ0n) is 16.2. The van der Waals surface area contributed by atoms with E-state index in [1.807, 2.05) is 18.2 Å². The van der Waals surface area contributed by atoms with Crippen LogP contribution >= 0.6 is 0 Å². The third kappa shape index (κ3) is 3.85. The topological polar surface area (TPSA) is 118 Å². The largest absolute Gasteiger partial charge is 0.321 e. The second-order valence-electron chi connectivity index (χ2n) is 6.58. The summed E-state index contributed by atoms with van der Waals surface area (Å²) in [5.41, 5.74) is 2.78. The number of benzene rings is 1. The lowest BCUT2D eigenvalue weighted by Gasteiger charge is -2.09. The molecule has 0 saturated heterocycles. The van der Waals surface area contributed by atoms with Gasteiger partial charge in [-0.3, -0.25) is 9.20 Å². The average molecular weight is 422 g/mol. The summed E-state index contributed by atoms with van der Waals surface area (Å²) in [5.74, 6) is -0.344. The highest BCUT2D eigenvalue weighted by Gasteiger charge is 2.18. The molecule has 30 heavy (non-hydrogen) atoms. The highest BCUT2D eigenvalue weighted by molar-refractivity contribution is 7.92. The number of nitrogens with one attached hydrogen (secondary N) is 2. The van der Waals surface area contributed by atoms with Crippen LogP contribution in [0.1, 0.15) is 21.9 Å². The zero-order valence-corrected chi connectivity index (χ0v) is 17.0. The van der Waals surface area contributed by atoms with E-state index in [-0.39, 0.29) is 16.8 Å². The number of fused-ring (bicyclic) bond motifs is 1. The van der Waals surface area contributed by atoms with Gasteiger partial charge in [-0.05, 0) is 56.3 Å². The molecule has 152 valence electrons. The van der Waals surface area contributed by atoms with Gasteiger partial charge in [0.15, 0.2) is 0 Å². The summed E-state index contributed by atoms with van der Waals surface area (Å²) in [6.07, 6.45) is 3.24. The molecule has 10 heteroatoms. The summed E-state index contributed by atoms with van der Waals surface area (Å²) >= 11 is 0. The predicted octanol–water partition coefficient (Wildman–Crippen LogP) is 2.79. The first kappa shape index (κ1) is 19.5. The maximum absolute atomic E-state index is 12.7. The number of nitrogens with zero attached hydrogens (tertiary/aromatic N) is 4. The van der Waals surface area contributed by atoms with Gasteiger partial charge in [0.2, 0.25) is 5.95 Å². The van der Waals surface area contributed by atoms with Crippen molar-refractivity contribution >= 4 is 33.2 Å². The van der Waals surface area contributed by atoms with Crippen molar-refractivity contribution in [2.45, 2.75) is 18.7 Å². The zero-order chi connectivity index (χ0) is 21.3. The molecule has 0 aliphatic carbocycles. The van der Waals surface area contributed by atoms with Crippen LogP contribution in [0.3, 0.4) is 0 Å². The van der Waals surface area contributed by atoms with Crippen molar-refractivity contribution in [3.05, 3.63) is 78.0 Å². The third-order valence-corrected chi connectivity index (χ3v) is 5.71. The summed E-state index contributed by atoms with van der Waals surface area (Å²) < 4.78 is 29.1. The van der Waals surface area contributed by atoms with E-state index < -0.39 is 10.0 Å². The van der Waals surface area contributed by atoms with Crippen LogP contribution in [0.15, 0.2) is 65.8 Å². The number of rotatable bonds is 5. The number of aromatic nitrogens is 4. The van der Waals surface area contributed by atoms with Crippen LogP contribution in [0.5, 0.6) is 0 Å². The molecule has 0 bridgehead atoms. The number of imidazole rings is 1. The van der Waals surface area contributed by atoms with Gasteiger partial charge in [-0.15, -0.1) is 0 Å². The van der Waals surface area contributed by atoms with Gasteiger partial charge in [0.1, 0.15) is 11.3 Å². The van der Waals surface area contributed by atoms with Crippen LogP contribution in [-0.2, 0) is 10.0 Å². The quantitative estimate of drug-likeness (QED) is 0.511. The van der Waals surface area contributed by atoms with Crippen LogP contribution in [0, 0.1) is 13.8 Å². The Balaban J connectivity index is 1.53. The number of anilines is 2. The molecule has 0 unspecified atom stereocenters. The Morgan fingerprint density at radius 2 is 1.77 bits per heavy atom. The highest BCUT2D eigenvalue weighted by atomic mass is 32.2. The minimum atomic E-state index is -3.86. The van der Waals surface area contributed by atoms with E-state index in [2.05, 4.69) is 25.0 Å². The number of carbonyl (C=O) groups excluding carboxylic acids is 1. The number of aryl methyl sites for hydroxylation is 2. The van der Waals surface area contributed by atoms with E-state index >= 15 is 0 Å². The lowest BCUT2D eigenvalue weighted by molar-refractivity contribution is 0.102. The molecule has 1 amide bonds. The van der Waals surface area contributed by atoms with Gasteiger partial charge in [-0.2, -0.15) is 0 Å². The maximum Gasteiger partial charge on any atom is 0.274 e. The molecule has 3 heterocycles. The molecule has 4 aromatic rings. The Morgan fingerprint density at radius 1 is 1.00 bits per heavy atom. The standard InChI is InChI=1S/C20H18N6O3S/c1-13-10-11-21-20(22-13)25-30(28,29)16-8-6-15(7-9-16)24-19(27)18-14(2)23-17-5-3-4-12-26(17)18/h3-12H,1-2H3,(H,24,27)(H,21,22,25). The van der Waals surface area contributed by atoms with Crippen LogP contribution in [0.4, 0.5) is 11.6 Å². The number of carbonyl (C=O) groups is 1. The molecule has 1 aromatic carbocycles. The van der Waals surface area contributed by atoms with Gasteiger partial charge in [0, 0.05) is 23.8 Å². The van der Waals surface area contributed by atoms with E-state index in [0.717, 1.165) is 0 Å². The molecule has 0 saturated carbocycles. The monoisotopic (exact) mass is 422 g/mol. The van der Waals surface area contributed by atoms with E-state index in [4.69, 9.17) is 0 Å². The van der Waals surface area contributed by atoms with Gasteiger partial charge >= 0.3 is 0 Å². The Hall–Kier alpha value is -3.79. The van der Waals surface area contributed by atoms with Crippen molar-refractivity contribution in [2.24, 2.45) is 0 Å². The van der Waals surface area contributed by atoms with Crippen LogP contribution < -0.4 is 10.0 Å². The van der Waals surface area contributed by atoms with Crippen LogP contribution in [0.2, 0.25) is 0 Å². The minimum Gasteiger partial charge on any atom is -0.321 e. The van der Waals surface area contributed by atoms with Gasteiger partial charge in [0.25, 0.3) is 15.9 Å². The predicted molar refractivity (Wildman–Crippen MR) is 112 cm³/mol. The molecular formula is C20H18N6O3S. The van der Waals surface area contributed by atoms with E-state index in [1.54, 1.807) is 30.5 Å². The van der Waals surface area contributed by atoms with E-state index in [1.165, 1.54) is 30.5 Å². The van der Waals surface area contributed by atoms with E-state index in [0.29, 0.717) is 28.4 Å². The summed E-state index contributed by atoms with van der Waals surface area (Å²) in [5, 5.41) is 2.77. The van der Waals surface area contributed by atoms with Crippen LogP contribution in [0.25, 0.3) is 5.65 Å². The van der Waals surface area contributed by atoms with Gasteiger partial charge in [-0.1, -0.05) is 6.07 Å². The molecule has 0 atom stereocenters. The molecule has 0 radical (unpaired) electrons. The molecule has 2 N–H and O–H groups in total. The molecule has 9 nitrogen and oxygen atoms in total. The molecular weight excluding hydrogens is 404 g/mol. The SMILES string of the molecule is Cc1ccnc(NS(=O)(=O)c2ccc(NC(=O)c3c(C)nc4ccccn34)cc2)n1. The normalized spacial score (nSPS) is 11.4. The number of amides is 1. The van der Waals surface area contributed by atoms with Crippen molar-refractivity contribution in [2.75, 3.05) is 10.0 Å². The Labute approximate surface area is 172 Å². The second-order valence-corrected chi connectivity index (χ2v) is 8.26. The summed E-state index contributed by atoms with van der Waals surface area (Å²) in [6, 6.07) is 13.0. The summed E-state index contributed by atoms with van der Waals surface area (Å²) in [6.45, 7) is 3.50. The molecule has 0 spiro atoms. The lowest BCUT2D eigenvalue weighted by atomic mass is 10.3. The van der Waals surface area contributed by atoms with Crippen molar-refractivity contribution < 1.29 is 13.2 Å². The van der Waals surface area contributed by atoms with Crippen molar-refractivity contribution in [1.82, 2.24) is 19.4 Å². The van der Waals surface area contributed by atoms with Crippen molar-refractivity contribution in [3.8, 4) is 0 Å². The summed E-state index contributed by atoms with van der Waals surface area (Å²) in [4.78, 5) is 25.1. The summed E-state index contributed by atoms with van der Waals surface area (Å²) in [7, 11) is -3.86. The third-order valence-electron chi connectivity index (χ3n) is 4.36.